The fraction of sp³-hybridized carbons (Fsp3) is 0.647. The van der Waals surface area contributed by atoms with Crippen molar-refractivity contribution in [2.75, 3.05) is 6.54 Å². The first-order chi connectivity index (χ1) is 9.32. The van der Waals surface area contributed by atoms with Gasteiger partial charge in [-0.05, 0) is 61.4 Å². The topological polar surface area (TPSA) is 12.0 Å². The Labute approximate surface area is 131 Å². The first-order valence-corrected chi connectivity index (χ1v) is 8.30. The zero-order valence-corrected chi connectivity index (χ0v) is 14.7. The first kappa shape index (κ1) is 17.6. The van der Waals surface area contributed by atoms with Crippen LogP contribution in [0.25, 0.3) is 0 Å². The molecule has 1 aromatic rings. The Balaban J connectivity index is 2.51. The van der Waals surface area contributed by atoms with E-state index in [-0.39, 0.29) is 11.2 Å². The Morgan fingerprint density at radius 3 is 2.50 bits per heavy atom. The van der Waals surface area contributed by atoms with Crippen LogP contribution >= 0.6 is 15.9 Å². The van der Waals surface area contributed by atoms with Crippen molar-refractivity contribution in [3.63, 3.8) is 0 Å². The summed E-state index contributed by atoms with van der Waals surface area (Å²) in [6.07, 6.45) is 4.28. The molecule has 0 aliphatic heterocycles. The van der Waals surface area contributed by atoms with Gasteiger partial charge in [0.05, 0.1) is 0 Å². The number of hydrogen-bond donors (Lipinski definition) is 1. The molecule has 1 N–H and O–H groups in total. The van der Waals surface area contributed by atoms with Crippen molar-refractivity contribution < 1.29 is 4.39 Å². The van der Waals surface area contributed by atoms with Gasteiger partial charge < -0.3 is 5.32 Å². The third-order valence-corrected chi connectivity index (χ3v) is 4.02. The fourth-order valence-corrected chi connectivity index (χ4v) is 2.94. The number of rotatable bonds is 7. The third-order valence-electron chi connectivity index (χ3n) is 3.57. The zero-order valence-electron chi connectivity index (χ0n) is 13.1. The van der Waals surface area contributed by atoms with Crippen molar-refractivity contribution in [1.82, 2.24) is 5.32 Å². The van der Waals surface area contributed by atoms with Crippen molar-refractivity contribution in [2.24, 2.45) is 5.41 Å². The molecule has 1 rings (SSSR count). The van der Waals surface area contributed by atoms with Gasteiger partial charge in [0.1, 0.15) is 5.82 Å². The molecule has 0 spiro atoms. The molecule has 0 aliphatic rings. The summed E-state index contributed by atoms with van der Waals surface area (Å²) in [6.45, 7) is 10.1. The lowest BCUT2D eigenvalue weighted by Gasteiger charge is -2.32. The molecule has 0 saturated carbocycles. The maximum absolute atomic E-state index is 13.3. The molecule has 0 radical (unpaired) electrons. The van der Waals surface area contributed by atoms with Crippen LogP contribution < -0.4 is 5.32 Å². The van der Waals surface area contributed by atoms with Crippen LogP contribution in [0.4, 0.5) is 4.39 Å². The summed E-state index contributed by atoms with van der Waals surface area (Å²) in [4.78, 5) is 0. The van der Waals surface area contributed by atoms with Gasteiger partial charge >= 0.3 is 0 Å². The third kappa shape index (κ3) is 6.36. The van der Waals surface area contributed by atoms with Gasteiger partial charge in [0.25, 0.3) is 0 Å². The quantitative estimate of drug-likeness (QED) is 0.705. The van der Waals surface area contributed by atoms with Crippen molar-refractivity contribution >= 4 is 15.9 Å². The summed E-state index contributed by atoms with van der Waals surface area (Å²) in [7, 11) is 0. The molecule has 0 heterocycles. The van der Waals surface area contributed by atoms with E-state index in [0.29, 0.717) is 6.04 Å². The number of hydrogen-bond acceptors (Lipinski definition) is 1. The van der Waals surface area contributed by atoms with Crippen molar-refractivity contribution in [3.05, 3.63) is 34.1 Å². The minimum Gasteiger partial charge on any atom is -0.313 e. The van der Waals surface area contributed by atoms with E-state index in [4.69, 9.17) is 0 Å². The monoisotopic (exact) mass is 343 g/mol. The molecule has 0 aromatic heterocycles. The van der Waals surface area contributed by atoms with E-state index >= 15 is 0 Å². The molecule has 1 aromatic carbocycles. The molecule has 0 fully saturated rings. The average molecular weight is 344 g/mol. The van der Waals surface area contributed by atoms with Gasteiger partial charge in [0, 0.05) is 10.5 Å². The maximum Gasteiger partial charge on any atom is 0.124 e. The lowest BCUT2D eigenvalue weighted by atomic mass is 9.83. The SMILES string of the molecule is CCCNC(CCCc1cc(F)cc(Br)c1)C(C)(C)C. The number of benzene rings is 1. The molecule has 1 unspecified atom stereocenters. The van der Waals surface area contributed by atoms with E-state index in [9.17, 15) is 4.39 Å². The fourth-order valence-electron chi connectivity index (χ4n) is 2.43. The van der Waals surface area contributed by atoms with Gasteiger partial charge in [0.2, 0.25) is 0 Å². The molecular weight excluding hydrogens is 317 g/mol. The Hall–Kier alpha value is -0.410. The van der Waals surface area contributed by atoms with Crippen molar-refractivity contribution in [2.45, 2.75) is 59.4 Å². The van der Waals surface area contributed by atoms with Crippen LogP contribution in [0.5, 0.6) is 0 Å². The van der Waals surface area contributed by atoms with Crippen molar-refractivity contribution in [1.29, 1.82) is 0 Å². The normalized spacial score (nSPS) is 13.5. The number of nitrogens with one attached hydrogen (secondary N) is 1. The smallest absolute Gasteiger partial charge is 0.124 e. The van der Waals surface area contributed by atoms with E-state index < -0.39 is 0 Å². The largest absolute Gasteiger partial charge is 0.313 e. The molecule has 0 amide bonds. The average Bonchev–Trinajstić information content (AvgIpc) is 2.30. The van der Waals surface area contributed by atoms with Crippen LogP contribution in [0.3, 0.4) is 0 Å². The second kappa shape index (κ2) is 8.14. The molecule has 20 heavy (non-hydrogen) atoms. The summed E-state index contributed by atoms with van der Waals surface area (Å²) in [6, 6.07) is 5.66. The highest BCUT2D eigenvalue weighted by Crippen LogP contribution is 2.24. The minimum atomic E-state index is -0.161. The standard InChI is InChI=1S/C17H27BrFN/c1-5-9-20-16(17(2,3)4)8-6-7-13-10-14(18)12-15(19)11-13/h10-12,16,20H,5-9H2,1-4H3. The highest BCUT2D eigenvalue weighted by Gasteiger charge is 2.23. The van der Waals surface area contributed by atoms with Crippen LogP contribution in [0.1, 0.15) is 52.5 Å². The molecule has 1 atom stereocenters. The van der Waals surface area contributed by atoms with Gasteiger partial charge in [-0.3, -0.25) is 0 Å². The van der Waals surface area contributed by atoms with E-state index in [0.717, 1.165) is 42.3 Å². The first-order valence-electron chi connectivity index (χ1n) is 7.51. The van der Waals surface area contributed by atoms with Gasteiger partial charge in [-0.15, -0.1) is 0 Å². The van der Waals surface area contributed by atoms with Gasteiger partial charge in [-0.25, -0.2) is 4.39 Å². The molecule has 0 saturated heterocycles. The predicted octanol–water partition coefficient (Wildman–Crippen LogP) is 5.33. The van der Waals surface area contributed by atoms with E-state index in [1.807, 2.05) is 6.07 Å². The molecule has 114 valence electrons. The second-order valence-corrected chi connectivity index (χ2v) is 7.46. The van der Waals surface area contributed by atoms with Crippen LogP contribution in [-0.4, -0.2) is 12.6 Å². The minimum absolute atomic E-state index is 0.161. The molecule has 3 heteroatoms. The Morgan fingerprint density at radius 1 is 1.25 bits per heavy atom. The maximum atomic E-state index is 13.3. The number of halogens is 2. The summed E-state index contributed by atoms with van der Waals surface area (Å²) < 4.78 is 14.2. The summed E-state index contributed by atoms with van der Waals surface area (Å²) in [5, 5.41) is 3.64. The Bertz CT molecular complexity index is 392. The summed E-state index contributed by atoms with van der Waals surface area (Å²) in [5.41, 5.74) is 1.33. The lowest BCUT2D eigenvalue weighted by molar-refractivity contribution is 0.251. The van der Waals surface area contributed by atoms with Gasteiger partial charge in [-0.1, -0.05) is 43.6 Å². The molecular formula is C17H27BrFN. The molecule has 0 aliphatic carbocycles. The molecule has 0 bridgehead atoms. The highest BCUT2D eigenvalue weighted by atomic mass is 79.9. The molecule has 1 nitrogen and oxygen atoms in total. The number of aryl methyl sites for hydroxylation is 1. The van der Waals surface area contributed by atoms with Crippen molar-refractivity contribution in [3.8, 4) is 0 Å². The Kier molecular flexibility index (Phi) is 7.18. The lowest BCUT2D eigenvalue weighted by Crippen LogP contribution is -2.40. The second-order valence-electron chi connectivity index (χ2n) is 6.54. The Morgan fingerprint density at radius 2 is 1.95 bits per heavy atom. The van der Waals surface area contributed by atoms with Gasteiger partial charge in [0.15, 0.2) is 0 Å². The van der Waals surface area contributed by atoms with E-state index in [1.54, 1.807) is 6.07 Å². The summed E-state index contributed by atoms with van der Waals surface area (Å²) >= 11 is 3.35. The summed E-state index contributed by atoms with van der Waals surface area (Å²) in [5.74, 6) is -0.161. The highest BCUT2D eigenvalue weighted by molar-refractivity contribution is 9.10. The van der Waals surface area contributed by atoms with Crippen LogP contribution in [-0.2, 0) is 6.42 Å². The predicted molar refractivity (Wildman–Crippen MR) is 88.6 cm³/mol. The van der Waals surface area contributed by atoms with Crippen LogP contribution in [0, 0.1) is 11.2 Å². The van der Waals surface area contributed by atoms with Crippen LogP contribution in [0.15, 0.2) is 22.7 Å². The zero-order chi connectivity index (χ0) is 15.2. The van der Waals surface area contributed by atoms with Crippen LogP contribution in [0.2, 0.25) is 0 Å². The van der Waals surface area contributed by atoms with E-state index in [2.05, 4.69) is 48.9 Å². The van der Waals surface area contributed by atoms with Gasteiger partial charge in [-0.2, -0.15) is 0 Å². The van der Waals surface area contributed by atoms with E-state index in [1.165, 1.54) is 6.07 Å².